The molecule has 2 N–H and O–H groups in total. The van der Waals surface area contributed by atoms with Crippen molar-refractivity contribution < 1.29 is 32.3 Å². The van der Waals surface area contributed by atoms with Crippen molar-refractivity contribution >= 4 is 72.6 Å². The number of aromatic nitrogens is 2. The summed E-state index contributed by atoms with van der Waals surface area (Å²) in [6.07, 6.45) is 5.39. The lowest BCUT2D eigenvalue weighted by Gasteiger charge is -2.39. The highest BCUT2D eigenvalue weighted by atomic mass is 35.5. The molecule has 0 saturated carbocycles. The fourth-order valence-electron chi connectivity index (χ4n) is 9.34. The number of carbonyl (C=O) groups excluding carboxylic acids is 1. The normalized spacial score (nSPS) is 19.2. The van der Waals surface area contributed by atoms with Crippen molar-refractivity contribution in [1.29, 1.82) is 0 Å². The van der Waals surface area contributed by atoms with Crippen molar-refractivity contribution in [2.24, 2.45) is 12.5 Å². The van der Waals surface area contributed by atoms with E-state index in [1.807, 2.05) is 59.1 Å². The number of halogens is 1. The summed E-state index contributed by atoms with van der Waals surface area (Å²) in [6, 6.07) is 21.1. The van der Waals surface area contributed by atoms with Crippen LogP contribution < -0.4 is 24.6 Å². The van der Waals surface area contributed by atoms with Crippen LogP contribution in [0.5, 0.6) is 5.88 Å². The lowest BCUT2D eigenvalue weighted by molar-refractivity contribution is -0.384. The summed E-state index contributed by atoms with van der Waals surface area (Å²) in [6.45, 7) is 11.0. The lowest BCUT2D eigenvalue weighted by Crippen LogP contribution is -2.47. The van der Waals surface area contributed by atoms with Gasteiger partial charge in [-0.25, -0.2) is 13.1 Å². The highest BCUT2D eigenvalue weighted by molar-refractivity contribution is 7.90. The molecule has 5 heterocycles. The number of rotatable bonds is 12. The molecule has 2 aromatic heterocycles. The molecule has 5 aromatic rings. The Morgan fingerprint density at radius 2 is 1.77 bits per heavy atom. The van der Waals surface area contributed by atoms with E-state index < -0.39 is 31.4 Å². The maximum Gasteiger partial charge on any atom is 0.293 e. The molecule has 3 aromatic carbocycles. The fourth-order valence-corrected chi connectivity index (χ4v) is 10.5. The Kier molecular flexibility index (Phi) is 13.0. The number of fused-ring (bicyclic) bond motifs is 2. The van der Waals surface area contributed by atoms with Crippen LogP contribution in [0.15, 0.2) is 89.5 Å². The summed E-state index contributed by atoms with van der Waals surface area (Å²) in [4.78, 5) is 37.2. The third kappa shape index (κ3) is 9.86. The summed E-state index contributed by atoms with van der Waals surface area (Å²) in [7, 11) is -2.69. The maximum absolute atomic E-state index is 14.4. The van der Waals surface area contributed by atoms with E-state index in [4.69, 9.17) is 30.8 Å². The minimum atomic E-state index is -4.60. The third-order valence-corrected chi connectivity index (χ3v) is 14.6. The number of hydrogen-bond donors (Lipinski definition) is 2. The Morgan fingerprint density at radius 1 is 0.970 bits per heavy atom. The second-order valence-corrected chi connectivity index (χ2v) is 20.3. The molecule has 16 nitrogen and oxygen atoms in total. The average Bonchev–Trinajstić information content (AvgIpc) is 3.53. The van der Waals surface area contributed by atoms with Gasteiger partial charge in [0.1, 0.15) is 17.0 Å². The fraction of sp³-hybridized carbons (Fsp3) is 0.417. The second-order valence-electron chi connectivity index (χ2n) is 18.2. The number of hydrogen-bond acceptors (Lipinski definition) is 13. The number of nitro benzene ring substituents is 1. The molecule has 1 amide bonds. The predicted octanol–water partition coefficient (Wildman–Crippen LogP) is 7.79. The van der Waals surface area contributed by atoms with Gasteiger partial charge in [-0.15, -0.1) is 0 Å². The van der Waals surface area contributed by atoms with E-state index in [0.717, 1.165) is 79.8 Å². The van der Waals surface area contributed by atoms with Crippen molar-refractivity contribution in [3.8, 4) is 5.88 Å². The summed E-state index contributed by atoms with van der Waals surface area (Å²) in [5.74, 6) is -0.483. The number of aryl methyl sites for hydroxylation is 1. The SMILES string of the molecule is Cn1ccc2cc3c(nc21)OCCCN3c1cc(N2CCN(CC3=C(c4ccc(Cl)cc4)CC(C)(C)CC3)CC2)ccc1C(=O)NS(=O)(=O)c1ccc(NCC2COCCO2)c([N+](=O)[O-])c1. The average molecular weight is 940 g/mol. The molecule has 18 heteroatoms. The van der Waals surface area contributed by atoms with Crippen LogP contribution >= 0.6 is 11.6 Å². The van der Waals surface area contributed by atoms with Gasteiger partial charge in [0.25, 0.3) is 21.6 Å². The van der Waals surface area contributed by atoms with Crippen molar-refractivity contribution in [3.63, 3.8) is 0 Å². The lowest BCUT2D eigenvalue weighted by atomic mass is 9.72. The molecule has 4 aliphatic rings. The van der Waals surface area contributed by atoms with Crippen LogP contribution in [0.1, 0.15) is 55.5 Å². The number of carbonyl (C=O) groups is 1. The Hall–Kier alpha value is -5.72. The smallest absolute Gasteiger partial charge is 0.293 e. The van der Waals surface area contributed by atoms with E-state index in [1.165, 1.54) is 28.8 Å². The minimum absolute atomic E-state index is 0.103. The van der Waals surface area contributed by atoms with Gasteiger partial charge in [0, 0.05) is 81.2 Å². The van der Waals surface area contributed by atoms with E-state index in [-0.39, 0.29) is 29.3 Å². The van der Waals surface area contributed by atoms with E-state index >= 15 is 0 Å². The zero-order valence-corrected chi connectivity index (χ0v) is 39.0. The van der Waals surface area contributed by atoms with Crippen molar-refractivity contribution in [2.75, 3.05) is 87.4 Å². The predicted molar refractivity (Wildman–Crippen MR) is 256 cm³/mol. The number of nitro groups is 1. The van der Waals surface area contributed by atoms with Gasteiger partial charge in [0.2, 0.25) is 5.88 Å². The standard InChI is InChI=1S/C48H55ClN8O8S/c1-48(2)15-13-34(40(28-48)32-5-7-35(49)8-6-32)30-54-18-20-55(21-19-54)36-9-11-39(42(26-36)56-16-4-22-65-47-44(56)25-33-14-17-53(3)45(33)51-47)46(58)52-66(61,62)38-10-12-41(43(27-38)57(59)60)50-29-37-31-63-23-24-64-37/h5-12,14,17,25-27,37,50H,4,13,15-16,18-24,28-31H2,1-3H3,(H,52,58). The maximum atomic E-state index is 14.4. The highest BCUT2D eigenvalue weighted by Gasteiger charge is 2.32. The van der Waals surface area contributed by atoms with Crippen LogP contribution in [0, 0.1) is 15.5 Å². The molecule has 1 atom stereocenters. The van der Waals surface area contributed by atoms with Crippen LogP contribution in [-0.2, 0) is 26.5 Å². The molecule has 1 unspecified atom stereocenters. The number of piperazine rings is 1. The molecule has 2 saturated heterocycles. The number of benzene rings is 3. The molecule has 348 valence electrons. The Labute approximate surface area is 389 Å². The molecule has 1 aliphatic carbocycles. The molecule has 0 bridgehead atoms. The minimum Gasteiger partial charge on any atom is -0.476 e. The first-order valence-electron chi connectivity index (χ1n) is 22.4. The van der Waals surface area contributed by atoms with Crippen LogP contribution in [-0.4, -0.2) is 112 Å². The Balaban J connectivity index is 0.994. The number of sulfonamides is 1. The summed E-state index contributed by atoms with van der Waals surface area (Å²) < 4.78 is 49.3. The molecule has 3 aliphatic heterocycles. The molecule has 66 heavy (non-hydrogen) atoms. The number of ether oxygens (including phenoxy) is 3. The Bertz CT molecular complexity index is 2780. The molecule has 0 radical (unpaired) electrons. The van der Waals surface area contributed by atoms with Crippen molar-refractivity contribution in [3.05, 3.63) is 111 Å². The van der Waals surface area contributed by atoms with Gasteiger partial charge in [0.15, 0.2) is 0 Å². The number of allylic oxidation sites excluding steroid dienone is 1. The molecule has 9 rings (SSSR count). The Morgan fingerprint density at radius 3 is 2.53 bits per heavy atom. The van der Waals surface area contributed by atoms with Crippen LogP contribution in [0.4, 0.5) is 28.4 Å². The van der Waals surface area contributed by atoms with E-state index in [2.05, 4.69) is 45.8 Å². The van der Waals surface area contributed by atoms with Gasteiger partial charge >= 0.3 is 0 Å². The number of nitrogens with one attached hydrogen (secondary N) is 2. The second kappa shape index (κ2) is 18.9. The molecule has 2 fully saturated rings. The van der Waals surface area contributed by atoms with Gasteiger partial charge in [0.05, 0.1) is 53.6 Å². The largest absolute Gasteiger partial charge is 0.476 e. The summed E-state index contributed by atoms with van der Waals surface area (Å²) in [5, 5.41) is 16.8. The van der Waals surface area contributed by atoms with E-state index in [0.29, 0.717) is 56.6 Å². The number of anilines is 4. The zero-order chi connectivity index (χ0) is 46.2. The number of nitrogens with zero attached hydrogens (tertiary/aromatic N) is 6. The monoisotopic (exact) mass is 938 g/mol. The first-order chi connectivity index (χ1) is 31.7. The molecular formula is C48H55ClN8O8S. The van der Waals surface area contributed by atoms with Gasteiger partial charge in [-0.05, 0) is 96.8 Å². The van der Waals surface area contributed by atoms with E-state index in [9.17, 15) is 23.3 Å². The van der Waals surface area contributed by atoms with Crippen molar-refractivity contribution in [1.82, 2.24) is 19.2 Å². The van der Waals surface area contributed by atoms with E-state index in [1.54, 1.807) is 6.07 Å². The number of amides is 1. The van der Waals surface area contributed by atoms with Crippen LogP contribution in [0.2, 0.25) is 5.02 Å². The van der Waals surface area contributed by atoms with Crippen LogP contribution in [0.3, 0.4) is 0 Å². The van der Waals surface area contributed by atoms with Gasteiger partial charge < -0.3 is 33.9 Å². The van der Waals surface area contributed by atoms with Gasteiger partial charge in [-0.3, -0.25) is 19.8 Å². The quantitative estimate of drug-likeness (QED) is 0.0918. The molecule has 0 spiro atoms. The highest BCUT2D eigenvalue weighted by Crippen LogP contribution is 2.44. The molecular weight excluding hydrogens is 884 g/mol. The summed E-state index contributed by atoms with van der Waals surface area (Å²) in [5.41, 5.74) is 6.85. The third-order valence-electron chi connectivity index (χ3n) is 13.0. The van der Waals surface area contributed by atoms with Crippen molar-refractivity contribution in [2.45, 2.75) is 50.5 Å². The van der Waals surface area contributed by atoms with Crippen LogP contribution in [0.25, 0.3) is 16.6 Å². The zero-order valence-electron chi connectivity index (χ0n) is 37.4. The topological polar surface area (TPSA) is 174 Å². The first kappa shape index (κ1) is 45.4. The number of pyridine rings is 1. The summed E-state index contributed by atoms with van der Waals surface area (Å²) >= 11 is 6.27. The van der Waals surface area contributed by atoms with Gasteiger partial charge in [-0.2, -0.15) is 4.98 Å². The first-order valence-corrected chi connectivity index (χ1v) is 24.3. The van der Waals surface area contributed by atoms with Gasteiger partial charge in [-0.1, -0.05) is 43.2 Å².